The molecule has 0 unspecified atom stereocenters. The lowest BCUT2D eigenvalue weighted by molar-refractivity contribution is -0.113. The number of hydrogen-bond acceptors (Lipinski definition) is 5. The van der Waals surface area contributed by atoms with Crippen LogP contribution in [0.25, 0.3) is 0 Å². The normalized spacial score (nSPS) is 10.6. The number of nitrogens with one attached hydrogen (secondary N) is 1. The first kappa shape index (κ1) is 14.3. The molecule has 0 aliphatic carbocycles. The molecule has 1 amide bonds. The summed E-state index contributed by atoms with van der Waals surface area (Å²) in [7, 11) is 0. The Labute approximate surface area is 119 Å². The second-order valence-corrected chi connectivity index (χ2v) is 5.16. The molecule has 0 atom stereocenters. The summed E-state index contributed by atoms with van der Waals surface area (Å²) in [5.41, 5.74) is 0.952. The molecule has 20 heavy (non-hydrogen) atoms. The summed E-state index contributed by atoms with van der Waals surface area (Å²) in [5.74, 6) is 5.49. The molecule has 0 saturated heterocycles. The molecule has 2 rings (SSSR count). The quantitative estimate of drug-likeness (QED) is 0.659. The first-order chi connectivity index (χ1) is 9.47. The predicted octanol–water partition coefficient (Wildman–Crippen LogP) is 1.48. The van der Waals surface area contributed by atoms with Gasteiger partial charge in [0.2, 0.25) is 11.1 Å². The lowest BCUT2D eigenvalue weighted by Gasteiger charge is -2.06. The number of thioether (sulfide) groups is 1. The largest absolute Gasteiger partial charge is 0.336 e. The van der Waals surface area contributed by atoms with Gasteiger partial charge in [-0.1, -0.05) is 17.8 Å². The van der Waals surface area contributed by atoms with Crippen LogP contribution in [0.1, 0.15) is 11.4 Å². The fourth-order valence-corrected chi connectivity index (χ4v) is 2.19. The highest BCUT2D eigenvalue weighted by Gasteiger charge is 2.11. The van der Waals surface area contributed by atoms with E-state index in [1.165, 1.54) is 16.8 Å². The molecule has 0 spiro atoms. The summed E-state index contributed by atoms with van der Waals surface area (Å²) < 4.78 is 14.9. The highest BCUT2D eigenvalue weighted by atomic mass is 32.2. The standard InChI is InChI=1S/C12H14FN5OS/c1-7-3-4-10(9(13)5-7)15-11(19)6-20-12-17-16-8(2)18(12)14/h3-5H,6,14H2,1-2H3,(H,15,19). The van der Waals surface area contributed by atoms with Gasteiger partial charge in [-0.2, -0.15) is 0 Å². The maximum atomic E-state index is 13.6. The van der Waals surface area contributed by atoms with E-state index in [4.69, 9.17) is 5.84 Å². The average molecular weight is 295 g/mol. The molecular weight excluding hydrogens is 281 g/mol. The van der Waals surface area contributed by atoms with Gasteiger partial charge >= 0.3 is 0 Å². The van der Waals surface area contributed by atoms with Gasteiger partial charge in [0, 0.05) is 0 Å². The van der Waals surface area contributed by atoms with Crippen molar-refractivity contribution in [2.24, 2.45) is 0 Å². The molecule has 1 aromatic heterocycles. The zero-order valence-electron chi connectivity index (χ0n) is 11.1. The van der Waals surface area contributed by atoms with Gasteiger partial charge in [0.15, 0.2) is 0 Å². The lowest BCUT2D eigenvalue weighted by atomic mass is 10.2. The zero-order valence-corrected chi connectivity index (χ0v) is 11.9. The Hall–Kier alpha value is -2.09. The molecule has 0 radical (unpaired) electrons. The summed E-state index contributed by atoms with van der Waals surface area (Å²) in [6.07, 6.45) is 0. The second kappa shape index (κ2) is 5.91. The van der Waals surface area contributed by atoms with Crippen LogP contribution >= 0.6 is 11.8 Å². The third kappa shape index (κ3) is 3.27. The number of hydrogen-bond donors (Lipinski definition) is 2. The first-order valence-corrected chi connectivity index (χ1v) is 6.82. The minimum absolute atomic E-state index is 0.0721. The van der Waals surface area contributed by atoms with E-state index in [-0.39, 0.29) is 17.3 Å². The molecule has 6 nitrogen and oxygen atoms in total. The number of rotatable bonds is 4. The van der Waals surface area contributed by atoms with E-state index in [9.17, 15) is 9.18 Å². The Morgan fingerprint density at radius 1 is 1.45 bits per heavy atom. The molecule has 1 heterocycles. The Morgan fingerprint density at radius 2 is 2.20 bits per heavy atom. The van der Waals surface area contributed by atoms with Gasteiger partial charge in [-0.15, -0.1) is 10.2 Å². The molecular formula is C12H14FN5OS. The molecule has 1 aromatic carbocycles. The molecule has 8 heteroatoms. The van der Waals surface area contributed by atoms with Gasteiger partial charge in [0.25, 0.3) is 0 Å². The summed E-state index contributed by atoms with van der Waals surface area (Å²) in [6, 6.07) is 4.62. The van der Waals surface area contributed by atoms with Gasteiger partial charge < -0.3 is 11.2 Å². The van der Waals surface area contributed by atoms with Crippen LogP contribution in [-0.4, -0.2) is 26.5 Å². The Morgan fingerprint density at radius 3 is 2.80 bits per heavy atom. The molecule has 0 bridgehead atoms. The van der Waals surface area contributed by atoms with Crippen molar-refractivity contribution >= 4 is 23.4 Å². The van der Waals surface area contributed by atoms with E-state index in [0.29, 0.717) is 11.0 Å². The van der Waals surface area contributed by atoms with Crippen LogP contribution in [0.2, 0.25) is 0 Å². The second-order valence-electron chi connectivity index (χ2n) is 4.22. The van der Waals surface area contributed by atoms with Crippen LogP contribution in [0.5, 0.6) is 0 Å². The van der Waals surface area contributed by atoms with Gasteiger partial charge in [-0.3, -0.25) is 4.79 Å². The fourth-order valence-electron chi connectivity index (χ4n) is 1.49. The molecule has 0 saturated carbocycles. The highest BCUT2D eigenvalue weighted by Crippen LogP contribution is 2.17. The molecule has 2 aromatic rings. The summed E-state index contributed by atoms with van der Waals surface area (Å²) in [5, 5.41) is 10.5. The number of aromatic nitrogens is 3. The monoisotopic (exact) mass is 295 g/mol. The number of benzene rings is 1. The van der Waals surface area contributed by atoms with Crippen LogP contribution in [-0.2, 0) is 4.79 Å². The lowest BCUT2D eigenvalue weighted by Crippen LogP contribution is -2.17. The van der Waals surface area contributed by atoms with E-state index < -0.39 is 5.82 Å². The summed E-state index contributed by atoms with van der Waals surface area (Å²) in [6.45, 7) is 3.49. The minimum Gasteiger partial charge on any atom is -0.336 e. The minimum atomic E-state index is -0.457. The van der Waals surface area contributed by atoms with Crippen LogP contribution in [0.4, 0.5) is 10.1 Å². The predicted molar refractivity (Wildman–Crippen MR) is 75.4 cm³/mol. The van der Waals surface area contributed by atoms with Crippen molar-refractivity contribution in [3.8, 4) is 0 Å². The maximum Gasteiger partial charge on any atom is 0.234 e. The van der Waals surface area contributed by atoms with E-state index in [0.717, 1.165) is 17.3 Å². The van der Waals surface area contributed by atoms with Gasteiger partial charge in [0.1, 0.15) is 11.6 Å². The number of anilines is 1. The van der Waals surface area contributed by atoms with Crippen LogP contribution in [0.3, 0.4) is 0 Å². The van der Waals surface area contributed by atoms with Crippen molar-refractivity contribution in [1.82, 2.24) is 14.9 Å². The van der Waals surface area contributed by atoms with Crippen molar-refractivity contribution in [2.45, 2.75) is 19.0 Å². The highest BCUT2D eigenvalue weighted by molar-refractivity contribution is 7.99. The van der Waals surface area contributed by atoms with Gasteiger partial charge in [-0.05, 0) is 31.5 Å². The Bertz CT molecular complexity index is 643. The van der Waals surface area contributed by atoms with Gasteiger partial charge in [0.05, 0.1) is 11.4 Å². The Kier molecular flexibility index (Phi) is 4.23. The topological polar surface area (TPSA) is 85.8 Å². The van der Waals surface area contributed by atoms with Crippen LogP contribution < -0.4 is 11.2 Å². The third-order valence-corrected chi connectivity index (χ3v) is 3.51. The van der Waals surface area contributed by atoms with Crippen LogP contribution in [0.15, 0.2) is 23.4 Å². The number of aryl methyl sites for hydroxylation is 2. The molecule has 0 fully saturated rings. The number of nitrogens with two attached hydrogens (primary N) is 1. The van der Waals surface area contributed by atoms with E-state index in [1.807, 2.05) is 0 Å². The number of amides is 1. The van der Waals surface area contributed by atoms with E-state index in [1.54, 1.807) is 19.9 Å². The van der Waals surface area contributed by atoms with E-state index in [2.05, 4.69) is 15.5 Å². The van der Waals surface area contributed by atoms with Crippen molar-refractivity contribution < 1.29 is 9.18 Å². The molecule has 3 N–H and O–H groups in total. The summed E-state index contributed by atoms with van der Waals surface area (Å²) >= 11 is 1.13. The average Bonchev–Trinajstić information content (AvgIpc) is 2.71. The molecule has 0 aliphatic heterocycles. The van der Waals surface area contributed by atoms with Crippen molar-refractivity contribution in [3.05, 3.63) is 35.4 Å². The number of nitrogen functional groups attached to an aromatic ring is 1. The smallest absolute Gasteiger partial charge is 0.234 e. The fraction of sp³-hybridized carbons (Fsp3) is 0.250. The Balaban J connectivity index is 1.94. The number of nitrogens with zero attached hydrogens (tertiary/aromatic N) is 3. The van der Waals surface area contributed by atoms with Crippen molar-refractivity contribution in [1.29, 1.82) is 0 Å². The molecule has 106 valence electrons. The van der Waals surface area contributed by atoms with E-state index >= 15 is 0 Å². The number of carbonyl (C=O) groups excluding carboxylic acids is 1. The van der Waals surface area contributed by atoms with Gasteiger partial charge in [-0.25, -0.2) is 9.07 Å². The zero-order chi connectivity index (χ0) is 14.7. The number of halogens is 1. The third-order valence-electron chi connectivity index (χ3n) is 2.57. The SMILES string of the molecule is Cc1ccc(NC(=O)CSc2nnc(C)n2N)c(F)c1. The van der Waals surface area contributed by atoms with Crippen molar-refractivity contribution in [3.63, 3.8) is 0 Å². The van der Waals surface area contributed by atoms with Crippen LogP contribution in [0, 0.1) is 19.7 Å². The maximum absolute atomic E-state index is 13.6. The molecule has 0 aliphatic rings. The van der Waals surface area contributed by atoms with Crippen molar-refractivity contribution in [2.75, 3.05) is 16.9 Å². The first-order valence-electron chi connectivity index (χ1n) is 5.83. The summed E-state index contributed by atoms with van der Waals surface area (Å²) in [4.78, 5) is 11.7. The number of carbonyl (C=O) groups is 1.